The molecule has 1 atom stereocenters. The quantitative estimate of drug-likeness (QED) is 0.838. The van der Waals surface area contributed by atoms with E-state index in [1.807, 2.05) is 32.9 Å². The Morgan fingerprint density at radius 3 is 2.47 bits per heavy atom. The normalized spacial score (nSPS) is 12.4. The molecule has 1 aromatic carbocycles. The molecule has 0 fully saturated rings. The number of rotatable bonds is 4. The highest BCUT2D eigenvalue weighted by Crippen LogP contribution is 2.22. The fourth-order valence-electron chi connectivity index (χ4n) is 1.40. The van der Waals surface area contributed by atoms with E-state index in [0.717, 1.165) is 11.3 Å². The van der Waals surface area contributed by atoms with Crippen LogP contribution in [0.1, 0.15) is 26.3 Å². The van der Waals surface area contributed by atoms with Crippen molar-refractivity contribution in [2.24, 2.45) is 0 Å². The van der Waals surface area contributed by atoms with Crippen LogP contribution in [0.5, 0.6) is 5.75 Å². The van der Waals surface area contributed by atoms with Crippen LogP contribution in [0.15, 0.2) is 18.2 Å². The Morgan fingerprint density at radius 1 is 1.29 bits per heavy atom. The maximum atomic E-state index is 11.5. The zero-order valence-corrected chi connectivity index (χ0v) is 11.3. The fourth-order valence-corrected chi connectivity index (χ4v) is 1.46. The molecule has 1 aromatic rings. The van der Waals surface area contributed by atoms with E-state index in [4.69, 9.17) is 16.3 Å². The summed E-state index contributed by atoms with van der Waals surface area (Å²) in [5.41, 5.74) is 1.74. The monoisotopic (exact) mass is 255 g/mol. The molecule has 0 saturated carbocycles. The standard InChI is InChI=1S/C13H18ClNO2/c1-8(2)17-12-6-9(3)5-11(7-12)15-13(16)10(4)14/h5-8,10H,1-4H3,(H,15,16). The number of hydrogen-bond acceptors (Lipinski definition) is 2. The smallest absolute Gasteiger partial charge is 0.242 e. The zero-order chi connectivity index (χ0) is 13.0. The minimum absolute atomic E-state index is 0.104. The second-order valence-corrected chi connectivity index (χ2v) is 4.96. The minimum atomic E-state index is -0.551. The third-order valence-corrected chi connectivity index (χ3v) is 2.25. The van der Waals surface area contributed by atoms with E-state index in [1.54, 1.807) is 13.0 Å². The molecule has 0 saturated heterocycles. The molecule has 1 rings (SSSR count). The number of alkyl halides is 1. The lowest BCUT2D eigenvalue weighted by Gasteiger charge is -2.13. The van der Waals surface area contributed by atoms with E-state index in [1.165, 1.54) is 0 Å². The molecule has 0 aromatic heterocycles. The third-order valence-electron chi connectivity index (χ3n) is 2.05. The highest BCUT2D eigenvalue weighted by molar-refractivity contribution is 6.32. The molecule has 1 amide bonds. The largest absolute Gasteiger partial charge is 0.491 e. The number of benzene rings is 1. The van der Waals surface area contributed by atoms with Gasteiger partial charge in [0.15, 0.2) is 0 Å². The summed E-state index contributed by atoms with van der Waals surface area (Å²) >= 11 is 5.70. The van der Waals surface area contributed by atoms with Crippen LogP contribution in [-0.4, -0.2) is 17.4 Å². The molecule has 0 spiro atoms. The van der Waals surface area contributed by atoms with Gasteiger partial charge in [-0.25, -0.2) is 0 Å². The number of halogens is 1. The maximum absolute atomic E-state index is 11.5. The van der Waals surface area contributed by atoms with E-state index in [2.05, 4.69) is 5.32 Å². The number of amides is 1. The van der Waals surface area contributed by atoms with Crippen molar-refractivity contribution in [3.63, 3.8) is 0 Å². The summed E-state index contributed by atoms with van der Waals surface area (Å²) in [6.07, 6.45) is 0.104. The minimum Gasteiger partial charge on any atom is -0.491 e. The molecule has 0 bridgehead atoms. The number of aryl methyl sites for hydroxylation is 1. The lowest BCUT2D eigenvalue weighted by molar-refractivity contribution is -0.115. The van der Waals surface area contributed by atoms with Gasteiger partial charge in [0.1, 0.15) is 11.1 Å². The number of hydrogen-bond donors (Lipinski definition) is 1. The van der Waals surface area contributed by atoms with Crippen LogP contribution < -0.4 is 10.1 Å². The van der Waals surface area contributed by atoms with Gasteiger partial charge in [-0.05, 0) is 45.4 Å². The number of carbonyl (C=O) groups is 1. The second kappa shape index (κ2) is 5.92. The summed E-state index contributed by atoms with van der Waals surface area (Å²) in [6.45, 7) is 7.51. The molecule has 0 heterocycles. The first-order valence-electron chi connectivity index (χ1n) is 5.61. The van der Waals surface area contributed by atoms with Crippen LogP contribution in [0.3, 0.4) is 0 Å². The molecule has 1 unspecified atom stereocenters. The van der Waals surface area contributed by atoms with Crippen molar-refractivity contribution < 1.29 is 9.53 Å². The van der Waals surface area contributed by atoms with E-state index in [-0.39, 0.29) is 12.0 Å². The van der Waals surface area contributed by atoms with Gasteiger partial charge in [0.05, 0.1) is 6.10 Å². The Balaban J connectivity index is 2.85. The lowest BCUT2D eigenvalue weighted by atomic mass is 10.2. The van der Waals surface area contributed by atoms with Gasteiger partial charge in [0, 0.05) is 11.8 Å². The van der Waals surface area contributed by atoms with Crippen LogP contribution >= 0.6 is 11.6 Å². The summed E-state index contributed by atoms with van der Waals surface area (Å²) in [6, 6.07) is 5.61. The molecule has 94 valence electrons. The molecule has 1 N–H and O–H groups in total. The van der Waals surface area contributed by atoms with Crippen molar-refractivity contribution in [1.82, 2.24) is 0 Å². The molecule has 17 heavy (non-hydrogen) atoms. The van der Waals surface area contributed by atoms with Gasteiger partial charge < -0.3 is 10.1 Å². The summed E-state index contributed by atoms with van der Waals surface area (Å²) in [5.74, 6) is 0.533. The van der Waals surface area contributed by atoms with E-state index in [9.17, 15) is 4.79 Å². The number of anilines is 1. The van der Waals surface area contributed by atoms with E-state index >= 15 is 0 Å². The van der Waals surface area contributed by atoms with Gasteiger partial charge in [-0.15, -0.1) is 11.6 Å². The Labute approximate surface area is 107 Å². The van der Waals surface area contributed by atoms with Gasteiger partial charge in [-0.2, -0.15) is 0 Å². The summed E-state index contributed by atoms with van der Waals surface area (Å²) in [5, 5.41) is 2.19. The van der Waals surface area contributed by atoms with Crippen molar-refractivity contribution in [2.75, 3.05) is 5.32 Å². The molecule has 4 heteroatoms. The SMILES string of the molecule is Cc1cc(NC(=O)C(C)Cl)cc(OC(C)C)c1. The summed E-state index contributed by atoms with van der Waals surface area (Å²) in [7, 11) is 0. The van der Waals surface area contributed by atoms with Gasteiger partial charge >= 0.3 is 0 Å². The first kappa shape index (κ1) is 13.8. The molecule has 3 nitrogen and oxygen atoms in total. The third kappa shape index (κ3) is 4.65. The van der Waals surface area contributed by atoms with Crippen molar-refractivity contribution in [1.29, 1.82) is 0 Å². The first-order valence-corrected chi connectivity index (χ1v) is 6.05. The summed E-state index contributed by atoms with van der Waals surface area (Å²) in [4.78, 5) is 11.5. The summed E-state index contributed by atoms with van der Waals surface area (Å²) < 4.78 is 5.59. The second-order valence-electron chi connectivity index (χ2n) is 4.31. The maximum Gasteiger partial charge on any atom is 0.242 e. The van der Waals surface area contributed by atoms with Crippen LogP contribution in [0.25, 0.3) is 0 Å². The van der Waals surface area contributed by atoms with Crippen LogP contribution in [0.2, 0.25) is 0 Å². The van der Waals surface area contributed by atoms with Gasteiger partial charge in [-0.1, -0.05) is 0 Å². The average Bonchev–Trinajstić information content (AvgIpc) is 2.14. The van der Waals surface area contributed by atoms with Crippen molar-refractivity contribution in [3.05, 3.63) is 23.8 Å². The predicted molar refractivity (Wildman–Crippen MR) is 70.9 cm³/mol. The van der Waals surface area contributed by atoms with Crippen LogP contribution in [-0.2, 0) is 4.79 Å². The van der Waals surface area contributed by atoms with Crippen LogP contribution in [0.4, 0.5) is 5.69 Å². The molecule has 0 aliphatic carbocycles. The Hall–Kier alpha value is -1.22. The van der Waals surface area contributed by atoms with Crippen molar-refractivity contribution >= 4 is 23.2 Å². The molecule has 0 radical (unpaired) electrons. The topological polar surface area (TPSA) is 38.3 Å². The Kier molecular flexibility index (Phi) is 4.82. The number of nitrogens with one attached hydrogen (secondary N) is 1. The predicted octanol–water partition coefficient (Wildman–Crippen LogP) is 3.35. The molecule has 0 aliphatic heterocycles. The molecular formula is C13H18ClNO2. The Morgan fingerprint density at radius 2 is 1.94 bits per heavy atom. The molecular weight excluding hydrogens is 238 g/mol. The van der Waals surface area contributed by atoms with Crippen molar-refractivity contribution in [3.8, 4) is 5.75 Å². The van der Waals surface area contributed by atoms with Gasteiger partial charge in [0.25, 0.3) is 0 Å². The highest BCUT2D eigenvalue weighted by atomic mass is 35.5. The lowest BCUT2D eigenvalue weighted by Crippen LogP contribution is -2.20. The fraction of sp³-hybridized carbons (Fsp3) is 0.462. The Bertz CT molecular complexity index is 402. The van der Waals surface area contributed by atoms with E-state index in [0.29, 0.717) is 5.69 Å². The van der Waals surface area contributed by atoms with Crippen molar-refractivity contribution in [2.45, 2.75) is 39.2 Å². The molecule has 0 aliphatic rings. The first-order chi connectivity index (χ1) is 7.88. The average molecular weight is 256 g/mol. The zero-order valence-electron chi connectivity index (χ0n) is 10.6. The van der Waals surface area contributed by atoms with Crippen LogP contribution in [0, 0.1) is 6.92 Å². The van der Waals surface area contributed by atoms with Gasteiger partial charge in [0.2, 0.25) is 5.91 Å². The van der Waals surface area contributed by atoms with E-state index < -0.39 is 5.38 Å². The number of carbonyl (C=O) groups excluding carboxylic acids is 1. The highest BCUT2D eigenvalue weighted by Gasteiger charge is 2.10. The number of ether oxygens (including phenoxy) is 1. The van der Waals surface area contributed by atoms with Gasteiger partial charge in [-0.3, -0.25) is 4.79 Å².